The van der Waals surface area contributed by atoms with Gasteiger partial charge in [0.05, 0.1) is 24.8 Å². The summed E-state index contributed by atoms with van der Waals surface area (Å²) in [6.45, 7) is 5.50. The Kier molecular flexibility index (Phi) is 9.35. The Morgan fingerprint density at radius 2 is 1.67 bits per heavy atom. The lowest BCUT2D eigenvalue weighted by molar-refractivity contribution is -0.271. The van der Waals surface area contributed by atoms with Crippen molar-refractivity contribution in [1.29, 1.82) is 0 Å². The maximum atomic E-state index is 14.3. The summed E-state index contributed by atoms with van der Waals surface area (Å²) in [6, 6.07) is 6.45. The van der Waals surface area contributed by atoms with Gasteiger partial charge in [0, 0.05) is 6.54 Å². The zero-order valence-electron chi connectivity index (χ0n) is 20.5. The van der Waals surface area contributed by atoms with E-state index in [-0.39, 0.29) is 19.6 Å². The Bertz CT molecular complexity index is 939. The number of carbonyl (C=O) groups excluding carboxylic acids is 3. The van der Waals surface area contributed by atoms with E-state index in [1.807, 2.05) is 35.6 Å². The zero-order chi connectivity index (χ0) is 27.5. The molecule has 0 radical (unpaired) electrons. The molecule has 1 aliphatic rings. The van der Waals surface area contributed by atoms with E-state index in [0.717, 1.165) is 19.4 Å². The molecule has 1 amide bonds. The average Bonchev–Trinajstić information content (AvgIpc) is 3.28. The number of ketones is 2. The zero-order valence-corrected chi connectivity index (χ0v) is 20.5. The molecule has 2 rings (SSSR count). The molecule has 1 heterocycles. The van der Waals surface area contributed by atoms with Gasteiger partial charge in [0.1, 0.15) is 0 Å². The van der Waals surface area contributed by atoms with E-state index < -0.39 is 65.1 Å². The molecule has 1 aliphatic heterocycles. The molecular formula is C24H32F5N3O4. The topological polar surface area (TPSA) is 111 Å². The first-order chi connectivity index (χ1) is 16.6. The first-order valence-corrected chi connectivity index (χ1v) is 11.6. The average molecular weight is 522 g/mol. The maximum absolute atomic E-state index is 14.3. The molecule has 1 aromatic rings. The van der Waals surface area contributed by atoms with Crippen LogP contribution in [0.4, 0.5) is 22.0 Å². The lowest BCUT2D eigenvalue weighted by Gasteiger charge is -2.40. The number of alkyl halides is 5. The van der Waals surface area contributed by atoms with Crippen LogP contribution in [0, 0.1) is 11.8 Å². The summed E-state index contributed by atoms with van der Waals surface area (Å²) in [5.41, 5.74) is 3.47. The molecule has 1 aromatic carbocycles. The van der Waals surface area contributed by atoms with Crippen LogP contribution in [-0.4, -0.2) is 59.8 Å². The number of nitrogens with one attached hydrogen (secondary N) is 2. The molecule has 7 nitrogen and oxygen atoms in total. The second-order valence-corrected chi connectivity index (χ2v) is 9.60. The molecule has 4 atom stereocenters. The van der Waals surface area contributed by atoms with Crippen molar-refractivity contribution in [2.45, 2.75) is 76.5 Å². The van der Waals surface area contributed by atoms with Crippen LogP contribution in [0.5, 0.6) is 0 Å². The third-order valence-corrected chi connectivity index (χ3v) is 6.33. The van der Waals surface area contributed by atoms with Crippen molar-refractivity contribution in [3.63, 3.8) is 0 Å². The van der Waals surface area contributed by atoms with Gasteiger partial charge in [-0.25, -0.2) is 0 Å². The molecule has 0 aromatic heterocycles. The van der Waals surface area contributed by atoms with Crippen molar-refractivity contribution in [1.82, 2.24) is 10.6 Å². The summed E-state index contributed by atoms with van der Waals surface area (Å²) in [5, 5.41) is 4.77. The molecule has 0 bridgehead atoms. The van der Waals surface area contributed by atoms with E-state index >= 15 is 0 Å². The van der Waals surface area contributed by atoms with Gasteiger partial charge in [0.15, 0.2) is 11.3 Å². The number of Topliss-reactive ketones (excluding diaryl/α,β-unsaturated/α-hetero) is 2. The summed E-state index contributed by atoms with van der Waals surface area (Å²) >= 11 is 0. The van der Waals surface area contributed by atoms with Gasteiger partial charge in [0.2, 0.25) is 11.7 Å². The minimum atomic E-state index is -6.28. The number of halogens is 5. The third-order valence-electron chi connectivity index (χ3n) is 6.33. The molecule has 0 spiro atoms. The van der Waals surface area contributed by atoms with Crippen molar-refractivity contribution >= 4 is 17.5 Å². The highest BCUT2D eigenvalue weighted by atomic mass is 19.4. The van der Waals surface area contributed by atoms with E-state index in [0.29, 0.717) is 0 Å². The van der Waals surface area contributed by atoms with Crippen molar-refractivity contribution < 1.29 is 41.1 Å². The van der Waals surface area contributed by atoms with E-state index in [1.54, 1.807) is 0 Å². The van der Waals surface area contributed by atoms with E-state index in [2.05, 4.69) is 5.32 Å². The van der Waals surface area contributed by atoms with Gasteiger partial charge < -0.3 is 21.1 Å². The molecule has 202 valence electrons. The van der Waals surface area contributed by atoms with Gasteiger partial charge >= 0.3 is 12.1 Å². The monoisotopic (exact) mass is 521 g/mol. The standard InChI is InChI=1S/C24H32F5N3O4/c1-13(2)18(30)19(33)22(14(3)4,21(35)23(25,26)24(27,28)29)32-20(34)17-10-16(11-31-17)36-12-15-8-6-5-7-9-15/h5-9,13-14,16-18,31H,10-12,30H2,1-4H3,(H,32,34)/t16?,17-,18-,22?/m0/s1. The lowest BCUT2D eigenvalue weighted by Crippen LogP contribution is -2.73. The normalized spacial score (nSPS) is 21.3. The summed E-state index contributed by atoms with van der Waals surface area (Å²) in [6.07, 6.45) is -6.71. The molecule has 0 saturated carbocycles. The number of amides is 1. The fourth-order valence-electron chi connectivity index (χ4n) is 3.96. The van der Waals surface area contributed by atoms with Gasteiger partial charge in [-0.15, -0.1) is 0 Å². The van der Waals surface area contributed by atoms with Gasteiger partial charge in [-0.2, -0.15) is 22.0 Å². The summed E-state index contributed by atoms with van der Waals surface area (Å²) < 4.78 is 73.8. The number of hydrogen-bond donors (Lipinski definition) is 3. The highest BCUT2D eigenvalue weighted by Gasteiger charge is 2.70. The Hall–Kier alpha value is -2.44. The van der Waals surface area contributed by atoms with Gasteiger partial charge in [-0.1, -0.05) is 58.0 Å². The van der Waals surface area contributed by atoms with Crippen molar-refractivity contribution in [3.05, 3.63) is 35.9 Å². The molecular weight excluding hydrogens is 489 g/mol. The molecule has 1 saturated heterocycles. The molecule has 4 N–H and O–H groups in total. The minimum absolute atomic E-state index is 0.0428. The second kappa shape index (κ2) is 11.3. The van der Waals surface area contributed by atoms with Crippen molar-refractivity contribution in [2.24, 2.45) is 17.6 Å². The predicted octanol–water partition coefficient (Wildman–Crippen LogP) is 2.76. The number of benzene rings is 1. The largest absolute Gasteiger partial charge is 0.461 e. The van der Waals surface area contributed by atoms with Gasteiger partial charge in [-0.05, 0) is 23.8 Å². The fourth-order valence-corrected chi connectivity index (χ4v) is 3.96. The van der Waals surface area contributed by atoms with E-state index in [1.165, 1.54) is 13.8 Å². The number of carbonyl (C=O) groups is 3. The fraction of sp³-hybridized carbons (Fsp3) is 0.625. The summed E-state index contributed by atoms with van der Waals surface area (Å²) in [4.78, 5) is 39.1. The Morgan fingerprint density at radius 1 is 1.08 bits per heavy atom. The molecule has 36 heavy (non-hydrogen) atoms. The van der Waals surface area contributed by atoms with Crippen LogP contribution < -0.4 is 16.4 Å². The van der Waals surface area contributed by atoms with Gasteiger partial charge in [0.25, 0.3) is 0 Å². The van der Waals surface area contributed by atoms with E-state index in [4.69, 9.17) is 10.5 Å². The quantitative estimate of drug-likeness (QED) is 0.305. The van der Waals surface area contributed by atoms with Crippen LogP contribution >= 0.6 is 0 Å². The highest BCUT2D eigenvalue weighted by molar-refractivity contribution is 6.18. The smallest absolute Gasteiger partial charge is 0.372 e. The highest BCUT2D eigenvalue weighted by Crippen LogP contribution is 2.41. The Balaban J connectivity index is 2.32. The van der Waals surface area contributed by atoms with Crippen LogP contribution in [0.1, 0.15) is 39.7 Å². The van der Waals surface area contributed by atoms with E-state index in [9.17, 15) is 36.3 Å². The lowest BCUT2D eigenvalue weighted by atomic mass is 9.72. The molecule has 0 aliphatic carbocycles. The number of ether oxygens (including phenoxy) is 1. The maximum Gasteiger partial charge on any atom is 0.461 e. The second-order valence-electron chi connectivity index (χ2n) is 9.60. The Morgan fingerprint density at radius 3 is 2.17 bits per heavy atom. The van der Waals surface area contributed by atoms with Crippen molar-refractivity contribution in [3.8, 4) is 0 Å². The number of nitrogens with two attached hydrogens (primary N) is 1. The third kappa shape index (κ3) is 6.09. The number of rotatable bonds is 11. The minimum Gasteiger partial charge on any atom is -0.372 e. The Labute approximate surface area is 206 Å². The summed E-state index contributed by atoms with van der Waals surface area (Å²) in [7, 11) is 0. The van der Waals surface area contributed by atoms with Crippen molar-refractivity contribution in [2.75, 3.05) is 6.54 Å². The van der Waals surface area contributed by atoms with Crippen LogP contribution in [0.25, 0.3) is 0 Å². The van der Waals surface area contributed by atoms with Crippen LogP contribution in [-0.2, 0) is 25.7 Å². The first-order valence-electron chi connectivity index (χ1n) is 11.6. The summed E-state index contributed by atoms with van der Waals surface area (Å²) in [5.74, 6) is -13.3. The predicted molar refractivity (Wildman–Crippen MR) is 121 cm³/mol. The van der Waals surface area contributed by atoms with Crippen LogP contribution in [0.3, 0.4) is 0 Å². The SMILES string of the molecule is CC(C)[C@H](N)C(=O)C(NC(=O)[C@@H]1CC(OCc2ccccc2)CN1)(C(=O)C(F)(F)C(F)(F)F)C(C)C. The molecule has 1 fully saturated rings. The molecule has 2 unspecified atom stereocenters. The first kappa shape index (κ1) is 29.8. The number of hydrogen-bond acceptors (Lipinski definition) is 6. The van der Waals surface area contributed by atoms with Crippen LogP contribution in [0.2, 0.25) is 0 Å². The molecule has 12 heteroatoms. The van der Waals surface area contributed by atoms with Crippen LogP contribution in [0.15, 0.2) is 30.3 Å². The van der Waals surface area contributed by atoms with Gasteiger partial charge in [-0.3, -0.25) is 14.4 Å².